The van der Waals surface area contributed by atoms with Crippen molar-refractivity contribution < 1.29 is 5.11 Å². The Morgan fingerprint density at radius 3 is 2.57 bits per heavy atom. The molecule has 0 saturated heterocycles. The van der Waals surface area contributed by atoms with E-state index in [1.807, 2.05) is 0 Å². The fourth-order valence-electron chi connectivity index (χ4n) is 0.850. The number of benzene rings is 1. The molecule has 1 aromatic rings. The van der Waals surface area contributed by atoms with Crippen LogP contribution in [-0.4, -0.2) is 22.6 Å². The SMILES string of the molecule is NCCSC(N)=Nc1ccc(O)cc1. The highest BCUT2D eigenvalue weighted by molar-refractivity contribution is 8.13. The molecule has 0 atom stereocenters. The zero-order chi connectivity index (χ0) is 10.4. The first-order chi connectivity index (χ1) is 6.72. The molecule has 0 unspecified atom stereocenters. The number of nitrogens with two attached hydrogens (primary N) is 2. The maximum absolute atomic E-state index is 9.03. The summed E-state index contributed by atoms with van der Waals surface area (Å²) in [4.78, 5) is 4.13. The van der Waals surface area contributed by atoms with Crippen molar-refractivity contribution in [3.05, 3.63) is 24.3 Å². The number of phenolic OH excluding ortho intramolecular Hbond substituents is 1. The first-order valence-corrected chi connectivity index (χ1v) is 5.17. The van der Waals surface area contributed by atoms with E-state index in [4.69, 9.17) is 16.6 Å². The fraction of sp³-hybridized carbons (Fsp3) is 0.222. The van der Waals surface area contributed by atoms with E-state index in [9.17, 15) is 0 Å². The molecule has 0 aliphatic carbocycles. The lowest BCUT2D eigenvalue weighted by atomic mass is 10.3. The molecular weight excluding hydrogens is 198 g/mol. The largest absolute Gasteiger partial charge is 0.508 e. The van der Waals surface area contributed by atoms with Crippen LogP contribution in [-0.2, 0) is 0 Å². The molecule has 0 aromatic heterocycles. The van der Waals surface area contributed by atoms with E-state index >= 15 is 0 Å². The van der Waals surface area contributed by atoms with Crippen LogP contribution in [0.2, 0.25) is 0 Å². The number of aliphatic imine (C=N–C) groups is 1. The van der Waals surface area contributed by atoms with Crippen molar-refractivity contribution in [2.24, 2.45) is 16.5 Å². The van der Waals surface area contributed by atoms with Crippen LogP contribution >= 0.6 is 11.8 Å². The molecule has 1 rings (SSSR count). The Bertz CT molecular complexity index is 310. The summed E-state index contributed by atoms with van der Waals surface area (Å²) in [6.45, 7) is 0.580. The molecule has 5 N–H and O–H groups in total. The Labute approximate surface area is 87.0 Å². The van der Waals surface area contributed by atoms with Gasteiger partial charge < -0.3 is 16.6 Å². The molecule has 0 bridgehead atoms. The highest BCUT2D eigenvalue weighted by atomic mass is 32.2. The third kappa shape index (κ3) is 3.68. The van der Waals surface area contributed by atoms with Crippen LogP contribution < -0.4 is 11.5 Å². The molecule has 0 radical (unpaired) electrons. The first-order valence-electron chi connectivity index (χ1n) is 4.18. The van der Waals surface area contributed by atoms with E-state index in [0.29, 0.717) is 11.7 Å². The van der Waals surface area contributed by atoms with E-state index in [1.54, 1.807) is 24.3 Å². The van der Waals surface area contributed by atoms with E-state index < -0.39 is 0 Å². The second-order valence-corrected chi connectivity index (χ2v) is 3.72. The van der Waals surface area contributed by atoms with Crippen LogP contribution in [0.5, 0.6) is 5.75 Å². The summed E-state index contributed by atoms with van der Waals surface area (Å²) in [5, 5.41) is 9.52. The number of nitrogens with zero attached hydrogens (tertiary/aromatic N) is 1. The number of thioether (sulfide) groups is 1. The van der Waals surface area contributed by atoms with Crippen LogP contribution in [0.25, 0.3) is 0 Å². The number of aromatic hydroxyl groups is 1. The van der Waals surface area contributed by atoms with E-state index in [2.05, 4.69) is 4.99 Å². The minimum atomic E-state index is 0.220. The molecule has 14 heavy (non-hydrogen) atoms. The van der Waals surface area contributed by atoms with Gasteiger partial charge in [-0.2, -0.15) is 0 Å². The van der Waals surface area contributed by atoms with Crippen LogP contribution in [0.4, 0.5) is 5.69 Å². The van der Waals surface area contributed by atoms with E-state index in [-0.39, 0.29) is 5.75 Å². The summed E-state index contributed by atoms with van der Waals surface area (Å²) in [7, 11) is 0. The van der Waals surface area contributed by atoms with E-state index in [1.165, 1.54) is 11.8 Å². The van der Waals surface area contributed by atoms with Gasteiger partial charge in [-0.25, -0.2) is 4.99 Å². The van der Waals surface area contributed by atoms with Crippen molar-refractivity contribution in [3.8, 4) is 5.75 Å². The number of amidine groups is 1. The monoisotopic (exact) mass is 211 g/mol. The lowest BCUT2D eigenvalue weighted by Gasteiger charge is -1.99. The van der Waals surface area contributed by atoms with Crippen molar-refractivity contribution >= 4 is 22.6 Å². The number of phenols is 1. The highest BCUT2D eigenvalue weighted by Gasteiger charge is 1.94. The zero-order valence-electron chi connectivity index (χ0n) is 7.68. The normalized spacial score (nSPS) is 11.6. The maximum atomic E-state index is 9.03. The predicted molar refractivity (Wildman–Crippen MR) is 60.9 cm³/mol. The third-order valence-corrected chi connectivity index (χ3v) is 2.28. The smallest absolute Gasteiger partial charge is 0.159 e. The van der Waals surface area contributed by atoms with Gasteiger partial charge in [0.1, 0.15) is 5.75 Å². The predicted octanol–water partition coefficient (Wildman–Crippen LogP) is 1.03. The van der Waals surface area contributed by atoms with Gasteiger partial charge in [-0.1, -0.05) is 11.8 Å². The molecule has 0 saturated carbocycles. The van der Waals surface area contributed by atoms with Gasteiger partial charge in [0.25, 0.3) is 0 Å². The summed E-state index contributed by atoms with van der Waals surface area (Å²) < 4.78 is 0. The summed E-state index contributed by atoms with van der Waals surface area (Å²) >= 11 is 1.42. The first kappa shape index (κ1) is 10.9. The van der Waals surface area contributed by atoms with Gasteiger partial charge in [0.15, 0.2) is 5.17 Å². The van der Waals surface area contributed by atoms with Crippen LogP contribution in [0, 0.1) is 0 Å². The van der Waals surface area contributed by atoms with Crippen molar-refractivity contribution in [2.45, 2.75) is 0 Å². The summed E-state index contributed by atoms with van der Waals surface area (Å²) in [5.74, 6) is 0.977. The Kier molecular flexibility index (Phi) is 4.28. The third-order valence-electron chi connectivity index (χ3n) is 1.46. The van der Waals surface area contributed by atoms with Gasteiger partial charge >= 0.3 is 0 Å². The van der Waals surface area contributed by atoms with Gasteiger partial charge in [0.05, 0.1) is 5.69 Å². The molecule has 0 spiro atoms. The second kappa shape index (κ2) is 5.51. The molecule has 4 nitrogen and oxygen atoms in total. The lowest BCUT2D eigenvalue weighted by Crippen LogP contribution is -2.10. The van der Waals surface area contributed by atoms with Crippen molar-refractivity contribution in [2.75, 3.05) is 12.3 Å². The number of hydrogen-bond donors (Lipinski definition) is 3. The van der Waals surface area contributed by atoms with Gasteiger partial charge in [-0.3, -0.25) is 0 Å². The van der Waals surface area contributed by atoms with Crippen LogP contribution in [0.1, 0.15) is 0 Å². The molecule has 0 aliphatic heterocycles. The summed E-state index contributed by atoms with van der Waals surface area (Å²) in [6.07, 6.45) is 0. The Hall–Kier alpha value is -1.20. The molecule has 0 aliphatic rings. The van der Waals surface area contributed by atoms with E-state index in [0.717, 1.165) is 11.4 Å². The van der Waals surface area contributed by atoms with Crippen molar-refractivity contribution in [1.29, 1.82) is 0 Å². The minimum Gasteiger partial charge on any atom is -0.508 e. The Morgan fingerprint density at radius 2 is 2.00 bits per heavy atom. The highest BCUT2D eigenvalue weighted by Crippen LogP contribution is 2.17. The van der Waals surface area contributed by atoms with Gasteiger partial charge in [0.2, 0.25) is 0 Å². The second-order valence-electron chi connectivity index (χ2n) is 2.60. The Balaban J connectivity index is 2.61. The quantitative estimate of drug-likeness (QED) is 0.515. The van der Waals surface area contributed by atoms with Crippen molar-refractivity contribution in [1.82, 2.24) is 0 Å². The average molecular weight is 211 g/mol. The zero-order valence-corrected chi connectivity index (χ0v) is 8.50. The molecule has 1 aromatic carbocycles. The topological polar surface area (TPSA) is 84.6 Å². The minimum absolute atomic E-state index is 0.220. The van der Waals surface area contributed by atoms with Crippen LogP contribution in [0.3, 0.4) is 0 Å². The summed E-state index contributed by atoms with van der Waals surface area (Å²) in [6, 6.07) is 6.54. The van der Waals surface area contributed by atoms with Gasteiger partial charge in [0, 0.05) is 12.3 Å². The Morgan fingerprint density at radius 1 is 1.36 bits per heavy atom. The maximum Gasteiger partial charge on any atom is 0.159 e. The molecule has 5 heteroatoms. The van der Waals surface area contributed by atoms with Gasteiger partial charge in [-0.15, -0.1) is 0 Å². The molecule has 76 valence electrons. The number of hydrogen-bond acceptors (Lipinski definition) is 4. The standard InChI is InChI=1S/C9H13N3OS/c10-5-6-14-9(11)12-7-1-3-8(13)4-2-7/h1-4,13H,5-6,10H2,(H2,11,12). The lowest BCUT2D eigenvalue weighted by molar-refractivity contribution is 0.475. The van der Waals surface area contributed by atoms with Crippen LogP contribution in [0.15, 0.2) is 29.3 Å². The number of rotatable bonds is 3. The molecule has 0 amide bonds. The molecule has 0 heterocycles. The average Bonchev–Trinajstić information content (AvgIpc) is 2.18. The fourth-order valence-corrected chi connectivity index (χ4v) is 1.35. The van der Waals surface area contributed by atoms with Crippen molar-refractivity contribution in [3.63, 3.8) is 0 Å². The molecular formula is C9H13N3OS. The summed E-state index contributed by atoms with van der Waals surface area (Å²) in [5.41, 5.74) is 11.7. The molecule has 0 fully saturated rings. The van der Waals surface area contributed by atoms with Gasteiger partial charge in [-0.05, 0) is 24.3 Å².